The summed E-state index contributed by atoms with van der Waals surface area (Å²) in [5.74, 6) is 2.52. The van der Waals surface area contributed by atoms with Crippen LogP contribution in [0.5, 0.6) is 0 Å². The minimum Gasteiger partial charge on any atom is -0.311 e. The van der Waals surface area contributed by atoms with E-state index >= 15 is 0 Å². The molecule has 1 N–H and O–H groups in total. The summed E-state index contributed by atoms with van der Waals surface area (Å²) in [6.07, 6.45) is 8.30. The third kappa shape index (κ3) is 2.20. The van der Waals surface area contributed by atoms with Crippen molar-refractivity contribution in [3.8, 4) is 0 Å². The van der Waals surface area contributed by atoms with Gasteiger partial charge in [0.05, 0.1) is 0 Å². The average Bonchev–Trinajstić information content (AvgIpc) is 2.97. The minimum atomic E-state index is -0.125. The van der Waals surface area contributed by atoms with Crippen LogP contribution in [0.25, 0.3) is 0 Å². The standard InChI is InChI=1S/C17H22FN/c18-15-5-3-12(4-6-15)14-9-16(10-14)19-17-8-11-1-2-13(17)7-11/h3-6,11,13-14,16-17,19H,1-2,7-10H2. The lowest BCUT2D eigenvalue weighted by Crippen LogP contribution is -2.47. The second kappa shape index (κ2) is 4.59. The summed E-state index contributed by atoms with van der Waals surface area (Å²) >= 11 is 0. The Morgan fingerprint density at radius 1 is 0.947 bits per heavy atom. The van der Waals surface area contributed by atoms with Gasteiger partial charge >= 0.3 is 0 Å². The van der Waals surface area contributed by atoms with Crippen molar-refractivity contribution in [2.45, 2.75) is 56.5 Å². The third-order valence-electron chi connectivity index (χ3n) is 5.67. The van der Waals surface area contributed by atoms with Crippen LogP contribution >= 0.6 is 0 Å². The first-order chi connectivity index (χ1) is 9.28. The molecule has 3 aliphatic rings. The molecule has 2 heteroatoms. The van der Waals surface area contributed by atoms with E-state index < -0.39 is 0 Å². The fourth-order valence-corrected chi connectivity index (χ4v) is 4.51. The summed E-state index contributed by atoms with van der Waals surface area (Å²) in [6.45, 7) is 0. The van der Waals surface area contributed by atoms with Gasteiger partial charge in [-0.1, -0.05) is 18.6 Å². The summed E-state index contributed by atoms with van der Waals surface area (Å²) in [4.78, 5) is 0. The summed E-state index contributed by atoms with van der Waals surface area (Å²) in [5, 5.41) is 3.88. The van der Waals surface area contributed by atoms with Gasteiger partial charge in [0.2, 0.25) is 0 Å². The van der Waals surface area contributed by atoms with Crippen LogP contribution in [0.4, 0.5) is 4.39 Å². The molecule has 1 nitrogen and oxygen atoms in total. The molecular formula is C17H22FN. The van der Waals surface area contributed by atoms with E-state index in [0.29, 0.717) is 12.0 Å². The molecule has 3 saturated carbocycles. The fourth-order valence-electron chi connectivity index (χ4n) is 4.51. The van der Waals surface area contributed by atoms with E-state index in [-0.39, 0.29) is 5.82 Å². The molecule has 4 rings (SSSR count). The Hall–Kier alpha value is -0.890. The van der Waals surface area contributed by atoms with Gasteiger partial charge in [0.25, 0.3) is 0 Å². The Morgan fingerprint density at radius 2 is 1.74 bits per heavy atom. The lowest BCUT2D eigenvalue weighted by atomic mass is 9.75. The second-order valence-electron chi connectivity index (χ2n) is 6.86. The zero-order valence-electron chi connectivity index (χ0n) is 11.3. The van der Waals surface area contributed by atoms with Crippen LogP contribution in [-0.4, -0.2) is 12.1 Å². The lowest BCUT2D eigenvalue weighted by Gasteiger charge is -2.40. The van der Waals surface area contributed by atoms with Crippen LogP contribution in [0.1, 0.15) is 50.0 Å². The minimum absolute atomic E-state index is 0.125. The zero-order chi connectivity index (χ0) is 12.8. The quantitative estimate of drug-likeness (QED) is 0.869. The maximum Gasteiger partial charge on any atom is 0.123 e. The van der Waals surface area contributed by atoms with Gasteiger partial charge in [-0.05, 0) is 67.6 Å². The van der Waals surface area contributed by atoms with Crippen LogP contribution in [0, 0.1) is 17.7 Å². The fraction of sp³-hybridized carbons (Fsp3) is 0.647. The van der Waals surface area contributed by atoms with Crippen LogP contribution in [0.3, 0.4) is 0 Å². The van der Waals surface area contributed by atoms with Crippen molar-refractivity contribution in [1.82, 2.24) is 5.32 Å². The molecule has 0 amide bonds. The van der Waals surface area contributed by atoms with E-state index in [1.165, 1.54) is 44.1 Å². The SMILES string of the molecule is Fc1ccc(C2CC(NC3CC4CCC3C4)C2)cc1. The number of rotatable bonds is 3. The maximum absolute atomic E-state index is 12.9. The van der Waals surface area contributed by atoms with Gasteiger partial charge in [0, 0.05) is 12.1 Å². The largest absolute Gasteiger partial charge is 0.311 e. The molecule has 0 aliphatic heterocycles. The monoisotopic (exact) mass is 259 g/mol. The highest BCUT2D eigenvalue weighted by atomic mass is 19.1. The molecule has 19 heavy (non-hydrogen) atoms. The molecule has 3 fully saturated rings. The van der Waals surface area contributed by atoms with E-state index in [9.17, 15) is 4.39 Å². The highest BCUT2D eigenvalue weighted by Gasteiger charge is 2.41. The lowest BCUT2D eigenvalue weighted by molar-refractivity contribution is 0.229. The Labute approximate surface area is 114 Å². The van der Waals surface area contributed by atoms with E-state index in [1.54, 1.807) is 12.1 Å². The number of hydrogen-bond acceptors (Lipinski definition) is 1. The van der Waals surface area contributed by atoms with E-state index in [4.69, 9.17) is 0 Å². The molecule has 0 heterocycles. The van der Waals surface area contributed by atoms with E-state index in [0.717, 1.165) is 17.9 Å². The van der Waals surface area contributed by atoms with E-state index in [2.05, 4.69) is 5.32 Å². The van der Waals surface area contributed by atoms with Gasteiger partial charge in [-0.15, -0.1) is 0 Å². The van der Waals surface area contributed by atoms with Gasteiger partial charge in [-0.3, -0.25) is 0 Å². The van der Waals surface area contributed by atoms with Crippen molar-refractivity contribution in [3.05, 3.63) is 35.6 Å². The second-order valence-corrected chi connectivity index (χ2v) is 6.86. The summed E-state index contributed by atoms with van der Waals surface area (Å²) < 4.78 is 12.9. The molecule has 1 aromatic rings. The predicted molar refractivity (Wildman–Crippen MR) is 74.5 cm³/mol. The van der Waals surface area contributed by atoms with Crippen molar-refractivity contribution in [2.75, 3.05) is 0 Å². The third-order valence-corrected chi connectivity index (χ3v) is 5.67. The van der Waals surface area contributed by atoms with Gasteiger partial charge in [0.1, 0.15) is 5.82 Å². The van der Waals surface area contributed by atoms with Crippen molar-refractivity contribution in [2.24, 2.45) is 11.8 Å². The Kier molecular flexibility index (Phi) is 2.87. The Bertz CT molecular complexity index is 449. The van der Waals surface area contributed by atoms with Crippen LogP contribution in [0.2, 0.25) is 0 Å². The first kappa shape index (κ1) is 11.9. The smallest absolute Gasteiger partial charge is 0.123 e. The molecule has 1 aromatic carbocycles. The molecular weight excluding hydrogens is 237 g/mol. The molecule has 3 atom stereocenters. The normalized spacial score (nSPS) is 40.4. The molecule has 3 aliphatic carbocycles. The van der Waals surface area contributed by atoms with Crippen LogP contribution < -0.4 is 5.32 Å². The molecule has 0 saturated heterocycles. The Balaban J connectivity index is 1.30. The first-order valence-electron chi connectivity index (χ1n) is 7.79. The van der Waals surface area contributed by atoms with Gasteiger partial charge in [-0.25, -0.2) is 4.39 Å². The highest BCUT2D eigenvalue weighted by molar-refractivity contribution is 5.23. The number of hydrogen-bond donors (Lipinski definition) is 1. The molecule has 102 valence electrons. The number of nitrogens with one attached hydrogen (secondary N) is 1. The van der Waals surface area contributed by atoms with Crippen molar-refractivity contribution < 1.29 is 4.39 Å². The molecule has 0 radical (unpaired) electrons. The van der Waals surface area contributed by atoms with Gasteiger partial charge < -0.3 is 5.32 Å². The number of benzene rings is 1. The summed E-state index contributed by atoms with van der Waals surface area (Å²) in [5.41, 5.74) is 1.31. The van der Waals surface area contributed by atoms with Gasteiger partial charge in [-0.2, -0.15) is 0 Å². The maximum atomic E-state index is 12.9. The molecule has 0 aromatic heterocycles. The van der Waals surface area contributed by atoms with Crippen molar-refractivity contribution in [3.63, 3.8) is 0 Å². The Morgan fingerprint density at radius 3 is 2.37 bits per heavy atom. The molecule has 3 unspecified atom stereocenters. The van der Waals surface area contributed by atoms with Gasteiger partial charge in [0.15, 0.2) is 0 Å². The summed E-state index contributed by atoms with van der Waals surface area (Å²) in [6, 6.07) is 8.59. The molecule has 0 spiro atoms. The predicted octanol–water partition coefficient (Wildman–Crippen LogP) is 3.85. The zero-order valence-corrected chi connectivity index (χ0v) is 11.3. The average molecular weight is 259 g/mol. The first-order valence-corrected chi connectivity index (χ1v) is 7.79. The number of halogens is 1. The topological polar surface area (TPSA) is 12.0 Å². The van der Waals surface area contributed by atoms with E-state index in [1.807, 2.05) is 12.1 Å². The summed E-state index contributed by atoms with van der Waals surface area (Å²) in [7, 11) is 0. The van der Waals surface area contributed by atoms with Crippen LogP contribution in [0.15, 0.2) is 24.3 Å². The van der Waals surface area contributed by atoms with Crippen molar-refractivity contribution >= 4 is 0 Å². The highest BCUT2D eigenvalue weighted by Crippen LogP contribution is 2.46. The van der Waals surface area contributed by atoms with Crippen molar-refractivity contribution in [1.29, 1.82) is 0 Å². The van der Waals surface area contributed by atoms with Crippen LogP contribution in [-0.2, 0) is 0 Å². The number of fused-ring (bicyclic) bond motifs is 2. The molecule has 2 bridgehead atoms.